The number of halogens is 11. The number of ether oxygens (including phenoxy) is 1. The molecule has 0 aromatic heterocycles. The molecule has 0 aromatic rings. The Hall–Kier alpha value is -0.810. The summed E-state index contributed by atoms with van der Waals surface area (Å²) in [4.78, 5) is 0. The summed E-state index contributed by atoms with van der Waals surface area (Å²) in [6, 6.07) is 0. The summed E-state index contributed by atoms with van der Waals surface area (Å²) in [6.45, 7) is 0. The molecule has 1 saturated carbocycles. The second kappa shape index (κ2) is 7.45. The van der Waals surface area contributed by atoms with Crippen LogP contribution in [-0.4, -0.2) is 30.2 Å². The van der Waals surface area contributed by atoms with Gasteiger partial charge in [0.1, 0.15) is 12.6 Å². The Morgan fingerprint density at radius 1 is 0.905 bits per heavy atom. The molecule has 0 radical (unpaired) electrons. The van der Waals surface area contributed by atoms with Crippen molar-refractivity contribution in [3.63, 3.8) is 0 Å². The molecule has 0 spiro atoms. The zero-order valence-electron chi connectivity index (χ0n) is 8.56. The molecule has 0 aliphatic heterocycles. The smallest absolute Gasteiger partial charge is 0.301 e. The van der Waals surface area contributed by atoms with Gasteiger partial charge in [-0.2, -0.15) is 35.1 Å². The summed E-state index contributed by atoms with van der Waals surface area (Å²) < 4.78 is 128. The standard InChI is InChI=1S/C7H5F9O.2CH4.F2/c8-3-1-4(3,7(14,15)16)17-6(12,13)2-5(9,10)11;;;1-2/h3H,1-2H2;2*1H4;. The SMILES string of the molecule is C.C.FC1CC1(OC(F)(F)CC(F)(F)F)C(F)(F)F.FF. The van der Waals surface area contributed by atoms with E-state index >= 15 is 0 Å². The molecule has 132 valence electrons. The zero-order chi connectivity index (χ0) is 15.7. The lowest BCUT2D eigenvalue weighted by molar-refractivity contribution is -0.363. The zero-order valence-corrected chi connectivity index (χ0v) is 8.56. The summed E-state index contributed by atoms with van der Waals surface area (Å²) in [5.74, 6) is 0. The monoisotopic (exact) mass is 346 g/mol. The van der Waals surface area contributed by atoms with Crippen molar-refractivity contribution in [3.05, 3.63) is 0 Å². The first-order chi connectivity index (χ1) is 8.29. The van der Waals surface area contributed by atoms with Crippen LogP contribution in [0.2, 0.25) is 0 Å². The molecule has 1 fully saturated rings. The molecule has 12 heteroatoms. The van der Waals surface area contributed by atoms with Crippen LogP contribution in [0.5, 0.6) is 0 Å². The highest BCUT2D eigenvalue weighted by atomic mass is 20.0. The quantitative estimate of drug-likeness (QED) is 0.596. The van der Waals surface area contributed by atoms with E-state index in [1.807, 2.05) is 0 Å². The van der Waals surface area contributed by atoms with E-state index in [4.69, 9.17) is 9.15 Å². The Kier molecular flexibility index (Phi) is 8.93. The highest BCUT2D eigenvalue weighted by molar-refractivity contribution is 5.12. The summed E-state index contributed by atoms with van der Waals surface area (Å²) in [7, 11) is 0. The van der Waals surface area contributed by atoms with Crippen LogP contribution in [0.15, 0.2) is 0 Å². The highest BCUT2D eigenvalue weighted by Gasteiger charge is 2.76. The van der Waals surface area contributed by atoms with Crippen molar-refractivity contribution >= 4 is 0 Å². The van der Waals surface area contributed by atoms with Crippen molar-refractivity contribution in [1.82, 2.24) is 0 Å². The van der Waals surface area contributed by atoms with Crippen molar-refractivity contribution < 1.29 is 53.4 Å². The van der Waals surface area contributed by atoms with Crippen LogP contribution in [0.4, 0.5) is 48.7 Å². The van der Waals surface area contributed by atoms with Gasteiger partial charge in [-0.15, -0.1) is 0 Å². The third-order valence-electron chi connectivity index (χ3n) is 2.05. The van der Waals surface area contributed by atoms with E-state index in [0.717, 1.165) is 0 Å². The largest absolute Gasteiger partial charge is 0.420 e. The number of hydrogen-bond acceptors (Lipinski definition) is 1. The average Bonchev–Trinajstić information content (AvgIpc) is 2.74. The molecule has 2 atom stereocenters. The van der Waals surface area contributed by atoms with E-state index in [-0.39, 0.29) is 14.9 Å². The molecular formula is C9H13F11O. The summed E-state index contributed by atoms with van der Waals surface area (Å²) in [5, 5.41) is 0. The van der Waals surface area contributed by atoms with Gasteiger partial charge in [0.25, 0.3) is 0 Å². The van der Waals surface area contributed by atoms with Crippen LogP contribution < -0.4 is 0 Å². The maximum Gasteiger partial charge on any atom is 0.420 e. The highest BCUT2D eigenvalue weighted by Crippen LogP contribution is 2.57. The first-order valence-corrected chi connectivity index (χ1v) is 4.29. The molecule has 2 unspecified atom stereocenters. The second-order valence-electron chi connectivity index (χ2n) is 3.59. The van der Waals surface area contributed by atoms with Crippen molar-refractivity contribution in [2.45, 2.75) is 57.9 Å². The van der Waals surface area contributed by atoms with Crippen LogP contribution >= 0.6 is 0 Å². The van der Waals surface area contributed by atoms with Crippen LogP contribution in [0.25, 0.3) is 0 Å². The molecule has 0 bridgehead atoms. The lowest BCUT2D eigenvalue weighted by Crippen LogP contribution is -2.44. The summed E-state index contributed by atoms with van der Waals surface area (Å²) in [5.41, 5.74) is -3.82. The maximum absolute atomic E-state index is 12.6. The lowest BCUT2D eigenvalue weighted by Gasteiger charge is -2.26. The van der Waals surface area contributed by atoms with Crippen LogP contribution in [0, 0.1) is 0 Å². The molecule has 1 aliphatic rings. The maximum atomic E-state index is 12.6. The minimum atomic E-state index is -5.48. The Labute approximate surface area is 112 Å². The fourth-order valence-electron chi connectivity index (χ4n) is 1.20. The van der Waals surface area contributed by atoms with Gasteiger partial charge in [0.15, 0.2) is 0 Å². The molecule has 1 nitrogen and oxygen atoms in total. The van der Waals surface area contributed by atoms with Gasteiger partial charge >= 0.3 is 18.5 Å². The van der Waals surface area contributed by atoms with Gasteiger partial charge in [-0.1, -0.05) is 14.9 Å². The molecule has 1 rings (SSSR count). The lowest BCUT2D eigenvalue weighted by atomic mass is 10.3. The Balaban J connectivity index is -0.000000774. The molecule has 1 aliphatic carbocycles. The minimum absolute atomic E-state index is 0. The van der Waals surface area contributed by atoms with E-state index in [0.29, 0.717) is 0 Å². The predicted octanol–water partition coefficient (Wildman–Crippen LogP) is 5.70. The van der Waals surface area contributed by atoms with Gasteiger partial charge in [-0.05, 0) is 0 Å². The van der Waals surface area contributed by atoms with E-state index in [1.54, 1.807) is 0 Å². The normalized spacial score (nSPS) is 25.0. The molecular weight excluding hydrogens is 333 g/mol. The van der Waals surface area contributed by atoms with Gasteiger partial charge in [-0.25, -0.2) is 4.39 Å². The number of hydrogen-bond donors (Lipinski definition) is 0. The fraction of sp³-hybridized carbons (Fsp3) is 1.00. The summed E-state index contributed by atoms with van der Waals surface area (Å²) in [6.07, 6.45) is -23.1. The van der Waals surface area contributed by atoms with E-state index < -0.39 is 43.1 Å². The Morgan fingerprint density at radius 2 is 1.24 bits per heavy atom. The molecule has 0 saturated heterocycles. The minimum Gasteiger partial charge on any atom is -0.301 e. The van der Waals surface area contributed by atoms with Crippen LogP contribution in [0.3, 0.4) is 0 Å². The molecule has 0 N–H and O–H groups in total. The molecule has 0 aromatic carbocycles. The second-order valence-corrected chi connectivity index (χ2v) is 3.59. The van der Waals surface area contributed by atoms with Gasteiger partial charge < -0.3 is 4.74 Å². The van der Waals surface area contributed by atoms with Crippen molar-refractivity contribution in [3.8, 4) is 0 Å². The number of rotatable bonds is 3. The number of alkyl halides is 9. The molecule has 21 heavy (non-hydrogen) atoms. The van der Waals surface area contributed by atoms with E-state index in [2.05, 4.69) is 4.74 Å². The van der Waals surface area contributed by atoms with Gasteiger partial charge in [0, 0.05) is 15.6 Å². The van der Waals surface area contributed by atoms with Crippen molar-refractivity contribution in [1.29, 1.82) is 0 Å². The predicted molar refractivity (Wildman–Crippen MR) is 50.7 cm³/mol. The Bertz CT molecular complexity index is 297. The van der Waals surface area contributed by atoms with E-state index in [9.17, 15) is 39.5 Å². The third-order valence-corrected chi connectivity index (χ3v) is 2.05. The molecule has 0 amide bonds. The van der Waals surface area contributed by atoms with E-state index in [1.165, 1.54) is 0 Å². The van der Waals surface area contributed by atoms with Crippen LogP contribution in [0.1, 0.15) is 27.7 Å². The van der Waals surface area contributed by atoms with Gasteiger partial charge in [0.05, 0.1) is 0 Å². The topological polar surface area (TPSA) is 9.23 Å². The Morgan fingerprint density at radius 3 is 1.43 bits per heavy atom. The first-order valence-electron chi connectivity index (χ1n) is 4.29. The van der Waals surface area contributed by atoms with Gasteiger partial charge in [0.2, 0.25) is 5.60 Å². The summed E-state index contributed by atoms with van der Waals surface area (Å²) >= 11 is 0. The van der Waals surface area contributed by atoms with Crippen molar-refractivity contribution in [2.24, 2.45) is 0 Å². The molecule has 0 heterocycles. The third kappa shape index (κ3) is 6.66. The van der Waals surface area contributed by atoms with Crippen LogP contribution in [-0.2, 0) is 4.74 Å². The average molecular weight is 346 g/mol. The van der Waals surface area contributed by atoms with Gasteiger partial charge in [-0.3, -0.25) is 0 Å². The van der Waals surface area contributed by atoms with Crippen molar-refractivity contribution in [2.75, 3.05) is 0 Å². The fourth-order valence-corrected chi connectivity index (χ4v) is 1.20. The first kappa shape index (κ1) is 25.2.